The number of nitrogens with zero attached hydrogens (tertiary/aromatic N) is 2. The maximum atomic E-state index is 13.4. The summed E-state index contributed by atoms with van der Waals surface area (Å²) in [5.74, 6) is -1.78. The third-order valence-corrected chi connectivity index (χ3v) is 7.47. The summed E-state index contributed by atoms with van der Waals surface area (Å²) in [6.45, 7) is 3.86. The molecule has 0 bridgehead atoms. The zero-order chi connectivity index (χ0) is 25.0. The van der Waals surface area contributed by atoms with Crippen LogP contribution in [0.5, 0.6) is 5.75 Å². The van der Waals surface area contributed by atoms with E-state index in [1.165, 1.54) is 11.3 Å². The van der Waals surface area contributed by atoms with Gasteiger partial charge in [-0.25, -0.2) is 4.98 Å². The van der Waals surface area contributed by atoms with E-state index in [4.69, 9.17) is 14.5 Å². The van der Waals surface area contributed by atoms with Gasteiger partial charge in [0.1, 0.15) is 5.75 Å². The van der Waals surface area contributed by atoms with Crippen molar-refractivity contribution in [3.05, 3.63) is 52.2 Å². The second-order valence-electron chi connectivity index (χ2n) is 9.60. The zero-order valence-electron chi connectivity index (χ0n) is 19.9. The minimum Gasteiger partial charge on any atom is -0.496 e. The Labute approximate surface area is 207 Å². The average Bonchev–Trinajstić information content (AvgIpc) is 3.42. The smallest absolute Gasteiger partial charge is 0.304 e. The van der Waals surface area contributed by atoms with Crippen LogP contribution in [0.1, 0.15) is 41.2 Å². The molecule has 1 amide bonds. The van der Waals surface area contributed by atoms with Crippen LogP contribution < -0.4 is 10.1 Å². The van der Waals surface area contributed by atoms with Gasteiger partial charge < -0.3 is 30.1 Å². The summed E-state index contributed by atoms with van der Waals surface area (Å²) < 4.78 is 12.8. The molecule has 0 atom stereocenters. The van der Waals surface area contributed by atoms with Crippen molar-refractivity contribution in [1.82, 2.24) is 14.9 Å². The Hall–Kier alpha value is -2.76. The van der Waals surface area contributed by atoms with Crippen LogP contribution in [0.2, 0.25) is 0 Å². The lowest BCUT2D eigenvalue weighted by molar-refractivity contribution is -0.385. The van der Waals surface area contributed by atoms with Crippen molar-refractivity contribution in [2.75, 3.05) is 20.3 Å². The molecular weight excluding hydrogens is 470 g/mol. The molecule has 0 aliphatic carbocycles. The fourth-order valence-corrected chi connectivity index (χ4v) is 5.44. The first-order valence-corrected chi connectivity index (χ1v) is 12.4. The summed E-state index contributed by atoms with van der Waals surface area (Å²) in [4.78, 5) is 19.0. The number of aliphatic hydroxyl groups is 3. The number of imidazole rings is 1. The Balaban J connectivity index is 1.64. The maximum absolute atomic E-state index is 13.4. The minimum atomic E-state index is -3.12. The topological polar surface area (TPSA) is 126 Å². The standard InChI is InChI=1S/C25H29N3O6S/c1-14(2)9-16-10-18-15(11-19(16)33-3)6-7-17-21(26-22(28(17)18)20-5-4-8-35-20)23(29)27-24(12-34-13-24)25(30,31)32/h4-5,8,10-11,14,30-32H,6-7,9,12-13H2,1-3H3,(H,27,29). The molecule has 0 saturated carbocycles. The predicted octanol–water partition coefficient (Wildman–Crippen LogP) is 2.04. The number of hydrogen-bond acceptors (Lipinski definition) is 8. The van der Waals surface area contributed by atoms with Crippen molar-refractivity contribution < 1.29 is 29.6 Å². The number of nitrogens with one attached hydrogen (secondary N) is 1. The molecule has 3 aromatic rings. The Morgan fingerprint density at radius 2 is 2.09 bits per heavy atom. The fraction of sp³-hybridized carbons (Fsp3) is 0.440. The van der Waals surface area contributed by atoms with Crippen LogP contribution in [-0.2, 0) is 24.0 Å². The molecule has 1 saturated heterocycles. The summed E-state index contributed by atoms with van der Waals surface area (Å²) in [7, 11) is 1.68. The molecule has 5 rings (SSSR count). The Morgan fingerprint density at radius 3 is 2.66 bits per heavy atom. The van der Waals surface area contributed by atoms with Gasteiger partial charge in [-0.05, 0) is 59.9 Å². The van der Waals surface area contributed by atoms with Crippen LogP contribution >= 0.6 is 11.3 Å². The lowest BCUT2D eigenvalue weighted by Gasteiger charge is -2.46. The van der Waals surface area contributed by atoms with Crippen molar-refractivity contribution in [2.45, 2.75) is 44.6 Å². The van der Waals surface area contributed by atoms with Gasteiger partial charge in [0.25, 0.3) is 5.91 Å². The van der Waals surface area contributed by atoms with Gasteiger partial charge in [-0.3, -0.25) is 9.36 Å². The largest absolute Gasteiger partial charge is 0.496 e. The van der Waals surface area contributed by atoms with E-state index in [2.05, 4.69) is 31.3 Å². The number of carbonyl (C=O) groups excluding carboxylic acids is 1. The van der Waals surface area contributed by atoms with Gasteiger partial charge in [0.05, 0.1) is 36.6 Å². The fourth-order valence-electron chi connectivity index (χ4n) is 4.73. The van der Waals surface area contributed by atoms with Crippen LogP contribution in [0.25, 0.3) is 16.4 Å². The summed E-state index contributed by atoms with van der Waals surface area (Å²) in [6, 6.07) is 8.09. The quantitative estimate of drug-likeness (QED) is 0.367. The van der Waals surface area contributed by atoms with Gasteiger partial charge in [-0.15, -0.1) is 11.3 Å². The van der Waals surface area contributed by atoms with Crippen molar-refractivity contribution >= 4 is 17.2 Å². The highest BCUT2D eigenvalue weighted by Gasteiger charge is 2.56. The molecule has 35 heavy (non-hydrogen) atoms. The number of methoxy groups -OCH3 is 1. The summed E-state index contributed by atoms with van der Waals surface area (Å²) >= 11 is 1.52. The monoisotopic (exact) mass is 499 g/mol. The Kier molecular flexibility index (Phi) is 5.97. The first-order valence-electron chi connectivity index (χ1n) is 11.6. The molecule has 9 nitrogen and oxygen atoms in total. The molecule has 10 heteroatoms. The van der Waals surface area contributed by atoms with E-state index in [0.717, 1.165) is 39.6 Å². The molecule has 0 unspecified atom stereocenters. The van der Waals surface area contributed by atoms with Gasteiger partial charge >= 0.3 is 5.97 Å². The lowest BCUT2D eigenvalue weighted by atomic mass is 9.93. The molecule has 2 aliphatic rings. The van der Waals surface area contributed by atoms with E-state index in [1.807, 2.05) is 22.1 Å². The first-order chi connectivity index (χ1) is 16.6. The van der Waals surface area contributed by atoms with Gasteiger partial charge in [-0.1, -0.05) is 19.9 Å². The van der Waals surface area contributed by atoms with Gasteiger partial charge in [0, 0.05) is 0 Å². The van der Waals surface area contributed by atoms with Crippen LogP contribution in [0.15, 0.2) is 29.6 Å². The number of aryl methyl sites for hydroxylation is 1. The number of carbonyl (C=O) groups is 1. The Bertz CT molecular complexity index is 1260. The maximum Gasteiger partial charge on any atom is 0.304 e. The number of aromatic nitrogens is 2. The van der Waals surface area contributed by atoms with Crippen molar-refractivity contribution in [3.63, 3.8) is 0 Å². The van der Waals surface area contributed by atoms with E-state index >= 15 is 0 Å². The molecule has 0 radical (unpaired) electrons. The third kappa shape index (κ3) is 4.05. The predicted molar refractivity (Wildman–Crippen MR) is 130 cm³/mol. The van der Waals surface area contributed by atoms with Gasteiger partial charge in [0.2, 0.25) is 0 Å². The molecular formula is C25H29N3O6S. The van der Waals surface area contributed by atoms with Gasteiger partial charge in [0.15, 0.2) is 17.1 Å². The van der Waals surface area contributed by atoms with E-state index in [1.54, 1.807) is 7.11 Å². The van der Waals surface area contributed by atoms with E-state index < -0.39 is 17.4 Å². The molecule has 2 aromatic heterocycles. The summed E-state index contributed by atoms with van der Waals surface area (Å²) in [5, 5.41) is 34.0. The number of amides is 1. The van der Waals surface area contributed by atoms with E-state index in [-0.39, 0.29) is 18.9 Å². The highest BCUT2D eigenvalue weighted by molar-refractivity contribution is 7.13. The first kappa shape index (κ1) is 24.0. The summed E-state index contributed by atoms with van der Waals surface area (Å²) in [5.41, 5.74) is 2.36. The van der Waals surface area contributed by atoms with Crippen LogP contribution in [0.4, 0.5) is 0 Å². The molecule has 1 fully saturated rings. The summed E-state index contributed by atoms with van der Waals surface area (Å²) in [6.07, 6.45) is 2.10. The number of hydrogen-bond donors (Lipinski definition) is 4. The number of benzene rings is 1. The molecule has 4 heterocycles. The molecule has 0 spiro atoms. The van der Waals surface area contributed by atoms with E-state index in [0.29, 0.717) is 24.6 Å². The van der Waals surface area contributed by atoms with Crippen molar-refractivity contribution in [2.24, 2.45) is 5.92 Å². The highest BCUT2D eigenvalue weighted by atomic mass is 32.1. The number of ether oxygens (including phenoxy) is 2. The average molecular weight is 500 g/mol. The second-order valence-corrected chi connectivity index (χ2v) is 10.5. The zero-order valence-corrected chi connectivity index (χ0v) is 20.7. The number of thiophene rings is 1. The SMILES string of the molecule is COc1cc2c(cc1CC(C)C)-n1c(-c3cccs3)nc(C(=O)NC3(C(O)(O)O)COC3)c1CC2. The van der Waals surface area contributed by atoms with Gasteiger partial charge in [-0.2, -0.15) is 0 Å². The molecule has 186 valence electrons. The molecule has 1 aromatic carbocycles. The van der Waals surface area contributed by atoms with Crippen molar-refractivity contribution in [3.8, 4) is 22.1 Å². The number of rotatable bonds is 7. The third-order valence-electron chi connectivity index (χ3n) is 6.60. The van der Waals surface area contributed by atoms with E-state index in [9.17, 15) is 20.1 Å². The minimum absolute atomic E-state index is 0.191. The highest BCUT2D eigenvalue weighted by Crippen LogP contribution is 2.38. The van der Waals surface area contributed by atoms with Crippen LogP contribution in [0.3, 0.4) is 0 Å². The number of fused-ring (bicyclic) bond motifs is 3. The van der Waals surface area contributed by atoms with Crippen molar-refractivity contribution in [1.29, 1.82) is 0 Å². The second kappa shape index (κ2) is 8.72. The van der Waals surface area contributed by atoms with Crippen LogP contribution in [0, 0.1) is 5.92 Å². The normalized spacial score (nSPS) is 16.4. The Morgan fingerprint density at radius 1 is 1.31 bits per heavy atom. The molecule has 4 N–H and O–H groups in total. The van der Waals surface area contributed by atoms with Crippen LogP contribution in [-0.4, -0.2) is 62.6 Å². The lowest BCUT2D eigenvalue weighted by Crippen LogP contribution is -2.74. The molecule has 2 aliphatic heterocycles.